The Morgan fingerprint density at radius 3 is 2.39 bits per heavy atom. The number of benzene rings is 2. The summed E-state index contributed by atoms with van der Waals surface area (Å²) in [5.74, 6) is -1.49. The second-order valence-corrected chi connectivity index (χ2v) is 7.06. The first kappa shape index (κ1) is 22.3. The lowest BCUT2D eigenvalue weighted by atomic mass is 9.94. The van der Waals surface area contributed by atoms with Gasteiger partial charge in [0.2, 0.25) is 0 Å². The van der Waals surface area contributed by atoms with Gasteiger partial charge in [-0.3, -0.25) is 9.59 Å². The van der Waals surface area contributed by atoms with Crippen LogP contribution in [0.1, 0.15) is 22.7 Å². The molecule has 7 nitrogen and oxygen atoms in total. The van der Waals surface area contributed by atoms with Gasteiger partial charge in [-0.25, -0.2) is 4.39 Å². The molecular weight excluding hydrogens is 405 g/mol. The van der Waals surface area contributed by atoms with E-state index in [2.05, 4.69) is 0 Å². The molecule has 1 N–H and O–H groups in total. The van der Waals surface area contributed by atoms with Crippen molar-refractivity contribution >= 4 is 17.4 Å². The highest BCUT2D eigenvalue weighted by molar-refractivity contribution is 6.46. The van der Waals surface area contributed by atoms with Crippen molar-refractivity contribution in [2.75, 3.05) is 34.5 Å². The maximum atomic E-state index is 13.7. The van der Waals surface area contributed by atoms with E-state index < -0.39 is 23.5 Å². The number of rotatable bonds is 7. The normalized spacial score (nSPS) is 17.8. The Balaban J connectivity index is 2.21. The average molecular weight is 429 g/mol. The summed E-state index contributed by atoms with van der Waals surface area (Å²) in [6.07, 6.45) is 0. The minimum atomic E-state index is -0.875. The highest BCUT2D eigenvalue weighted by atomic mass is 19.1. The Labute approximate surface area is 179 Å². The number of Topliss-reactive ketones (excluding diaryl/α,β-unsaturated/α-hetero) is 1. The van der Waals surface area contributed by atoms with E-state index in [0.29, 0.717) is 22.6 Å². The molecule has 2 aromatic carbocycles. The van der Waals surface area contributed by atoms with Crippen LogP contribution in [0.15, 0.2) is 42.0 Å². The van der Waals surface area contributed by atoms with E-state index in [1.54, 1.807) is 25.1 Å². The summed E-state index contributed by atoms with van der Waals surface area (Å²) >= 11 is 0. The summed E-state index contributed by atoms with van der Waals surface area (Å²) in [5, 5.41) is 11.0. The van der Waals surface area contributed by atoms with Crippen LogP contribution >= 0.6 is 0 Å². The molecule has 1 fully saturated rings. The second-order valence-electron chi connectivity index (χ2n) is 7.06. The summed E-state index contributed by atoms with van der Waals surface area (Å²) < 4.78 is 29.4. The first-order chi connectivity index (χ1) is 14.8. The molecule has 1 saturated heterocycles. The van der Waals surface area contributed by atoms with Crippen molar-refractivity contribution in [3.8, 4) is 11.5 Å². The molecule has 0 saturated carbocycles. The highest BCUT2D eigenvalue weighted by Gasteiger charge is 2.46. The fraction of sp³-hybridized carbons (Fsp3) is 0.304. The zero-order chi connectivity index (χ0) is 22.7. The van der Waals surface area contributed by atoms with Gasteiger partial charge < -0.3 is 24.2 Å². The number of nitrogens with zero attached hydrogens (tertiary/aromatic N) is 1. The number of ether oxygens (including phenoxy) is 3. The van der Waals surface area contributed by atoms with Crippen LogP contribution in [0, 0.1) is 12.7 Å². The lowest BCUT2D eigenvalue weighted by Gasteiger charge is -2.25. The molecule has 1 heterocycles. The van der Waals surface area contributed by atoms with Gasteiger partial charge in [-0.05, 0) is 48.4 Å². The minimum Gasteiger partial charge on any atom is -0.507 e. The summed E-state index contributed by atoms with van der Waals surface area (Å²) in [5.41, 5.74) is 1.02. The maximum absolute atomic E-state index is 13.7. The average Bonchev–Trinajstić information content (AvgIpc) is 3.03. The summed E-state index contributed by atoms with van der Waals surface area (Å²) in [6, 6.07) is 8.13. The van der Waals surface area contributed by atoms with Gasteiger partial charge in [0, 0.05) is 19.2 Å². The fourth-order valence-corrected chi connectivity index (χ4v) is 3.62. The molecule has 0 radical (unpaired) electrons. The molecule has 1 aliphatic rings. The molecule has 2 aromatic rings. The summed E-state index contributed by atoms with van der Waals surface area (Å²) in [7, 11) is 4.47. The number of carbonyl (C=O) groups excluding carboxylic acids is 2. The van der Waals surface area contributed by atoms with Gasteiger partial charge in [0.1, 0.15) is 11.6 Å². The molecule has 0 aromatic heterocycles. The molecule has 0 spiro atoms. The third-order valence-corrected chi connectivity index (χ3v) is 5.23. The van der Waals surface area contributed by atoms with Crippen LogP contribution in [-0.4, -0.2) is 56.2 Å². The van der Waals surface area contributed by atoms with E-state index in [4.69, 9.17) is 14.2 Å². The van der Waals surface area contributed by atoms with Crippen LogP contribution in [0.2, 0.25) is 0 Å². The van der Waals surface area contributed by atoms with Gasteiger partial charge in [-0.15, -0.1) is 0 Å². The fourth-order valence-electron chi connectivity index (χ4n) is 3.62. The van der Waals surface area contributed by atoms with E-state index in [1.807, 2.05) is 0 Å². The van der Waals surface area contributed by atoms with Gasteiger partial charge in [-0.1, -0.05) is 6.07 Å². The number of aliphatic hydroxyl groups excluding tert-OH is 1. The van der Waals surface area contributed by atoms with Crippen molar-refractivity contribution < 1.29 is 33.3 Å². The first-order valence-corrected chi connectivity index (χ1v) is 9.59. The Bertz CT molecular complexity index is 1050. The van der Waals surface area contributed by atoms with Crippen LogP contribution in [0.5, 0.6) is 11.5 Å². The number of aliphatic hydroxyl groups is 1. The van der Waals surface area contributed by atoms with Crippen molar-refractivity contribution in [3.63, 3.8) is 0 Å². The van der Waals surface area contributed by atoms with Crippen molar-refractivity contribution in [1.29, 1.82) is 0 Å². The van der Waals surface area contributed by atoms with E-state index in [1.165, 1.54) is 44.4 Å². The largest absolute Gasteiger partial charge is 0.507 e. The predicted molar refractivity (Wildman–Crippen MR) is 112 cm³/mol. The van der Waals surface area contributed by atoms with E-state index in [-0.39, 0.29) is 30.0 Å². The number of likely N-dealkylation sites (tertiary alicyclic amines) is 1. The second kappa shape index (κ2) is 9.18. The van der Waals surface area contributed by atoms with Gasteiger partial charge in [0.25, 0.3) is 11.7 Å². The zero-order valence-corrected chi connectivity index (χ0v) is 17.8. The van der Waals surface area contributed by atoms with Crippen molar-refractivity contribution in [1.82, 2.24) is 4.90 Å². The van der Waals surface area contributed by atoms with Crippen LogP contribution in [0.4, 0.5) is 4.39 Å². The Morgan fingerprint density at radius 2 is 1.77 bits per heavy atom. The number of methoxy groups -OCH3 is 3. The van der Waals surface area contributed by atoms with E-state index >= 15 is 0 Å². The minimum absolute atomic E-state index is 0.0840. The first-order valence-electron chi connectivity index (χ1n) is 9.59. The molecule has 1 amide bonds. The number of halogens is 1. The van der Waals surface area contributed by atoms with Crippen molar-refractivity contribution in [2.45, 2.75) is 13.0 Å². The molecule has 1 atom stereocenters. The number of aryl methyl sites for hydroxylation is 1. The molecule has 0 bridgehead atoms. The van der Waals surface area contributed by atoms with Gasteiger partial charge in [0.05, 0.1) is 32.4 Å². The van der Waals surface area contributed by atoms with Crippen LogP contribution < -0.4 is 9.47 Å². The molecule has 31 heavy (non-hydrogen) atoms. The van der Waals surface area contributed by atoms with E-state index in [0.717, 1.165) is 0 Å². The third kappa shape index (κ3) is 4.11. The number of hydrogen-bond acceptors (Lipinski definition) is 6. The highest BCUT2D eigenvalue weighted by Crippen LogP contribution is 2.41. The van der Waals surface area contributed by atoms with Crippen LogP contribution in [-0.2, 0) is 14.3 Å². The van der Waals surface area contributed by atoms with Gasteiger partial charge in [-0.2, -0.15) is 0 Å². The van der Waals surface area contributed by atoms with Crippen LogP contribution in [0.25, 0.3) is 5.76 Å². The van der Waals surface area contributed by atoms with E-state index in [9.17, 15) is 19.1 Å². The van der Waals surface area contributed by atoms with Gasteiger partial charge in [0.15, 0.2) is 11.5 Å². The lowest BCUT2D eigenvalue weighted by Crippen LogP contribution is -2.32. The number of ketones is 1. The summed E-state index contributed by atoms with van der Waals surface area (Å²) in [6.45, 7) is 1.89. The number of carbonyl (C=O) groups is 2. The monoisotopic (exact) mass is 429 g/mol. The third-order valence-electron chi connectivity index (χ3n) is 5.23. The van der Waals surface area contributed by atoms with Gasteiger partial charge >= 0.3 is 0 Å². The molecule has 164 valence electrons. The molecule has 3 rings (SSSR count). The molecule has 1 aliphatic heterocycles. The topological polar surface area (TPSA) is 85.3 Å². The summed E-state index contributed by atoms with van der Waals surface area (Å²) in [4.78, 5) is 27.1. The Kier molecular flexibility index (Phi) is 6.60. The SMILES string of the molecule is COCCN1C(=O)C(=O)/C(=C(\O)c2ccc(F)c(C)c2)C1c1ccc(OC)c(OC)c1. The Morgan fingerprint density at radius 1 is 1.06 bits per heavy atom. The quantitative estimate of drug-likeness (QED) is 0.413. The number of hydrogen-bond donors (Lipinski definition) is 1. The van der Waals surface area contributed by atoms with Crippen LogP contribution in [0.3, 0.4) is 0 Å². The smallest absolute Gasteiger partial charge is 0.295 e. The molecule has 0 aliphatic carbocycles. The van der Waals surface area contributed by atoms with Crippen molar-refractivity contribution in [3.05, 3.63) is 64.5 Å². The maximum Gasteiger partial charge on any atom is 0.295 e. The molecular formula is C23H24FNO6. The predicted octanol–water partition coefficient (Wildman–Crippen LogP) is 3.22. The molecule has 8 heteroatoms. The molecule has 1 unspecified atom stereocenters. The zero-order valence-electron chi connectivity index (χ0n) is 17.8. The standard InChI is InChI=1S/C23H24FNO6/c1-13-11-15(5-7-16(13)24)21(26)19-20(25(9-10-29-2)23(28)22(19)27)14-6-8-17(30-3)18(12-14)31-4/h5-8,11-12,20,26H,9-10H2,1-4H3/b21-19-. The van der Waals surface area contributed by atoms with Crippen molar-refractivity contribution in [2.24, 2.45) is 0 Å². The Hall–Kier alpha value is -3.39. The number of amides is 1. The lowest BCUT2D eigenvalue weighted by molar-refractivity contribution is -0.140.